The number of hydrogen-bond acceptors (Lipinski definition) is 4. The fourth-order valence-electron chi connectivity index (χ4n) is 1.30. The second kappa shape index (κ2) is 3.81. The van der Waals surface area contributed by atoms with Crippen molar-refractivity contribution in [1.29, 1.82) is 5.26 Å². The van der Waals surface area contributed by atoms with E-state index >= 15 is 0 Å². The lowest BCUT2D eigenvalue weighted by atomic mass is 10.3. The molecule has 5 nitrogen and oxygen atoms in total. The summed E-state index contributed by atoms with van der Waals surface area (Å²) in [6.45, 7) is 4.08. The molecule has 0 amide bonds. The van der Waals surface area contributed by atoms with Crippen LogP contribution < -0.4 is 5.32 Å². The number of likely N-dealkylation sites (N-methyl/N-ethyl adjacent to an activating group) is 1. The zero-order chi connectivity index (χ0) is 9.84. The molecular weight excluding hydrogens is 170 g/mol. The maximum Gasteiger partial charge on any atom is 0.350 e. The molecule has 2 N–H and O–H groups in total. The summed E-state index contributed by atoms with van der Waals surface area (Å²) >= 11 is 0. The van der Waals surface area contributed by atoms with Gasteiger partial charge in [-0.25, -0.2) is 4.79 Å². The molecule has 0 atom stereocenters. The Hall–Kier alpha value is -1.70. The lowest BCUT2D eigenvalue weighted by Crippen LogP contribution is -2.23. The molecule has 0 saturated carbocycles. The summed E-state index contributed by atoms with van der Waals surface area (Å²) in [6.07, 6.45) is 0. The Morgan fingerprint density at radius 3 is 3.00 bits per heavy atom. The van der Waals surface area contributed by atoms with Gasteiger partial charge in [-0.05, 0) is 6.92 Å². The monoisotopic (exact) mass is 181 g/mol. The molecule has 0 aromatic rings. The molecule has 1 rings (SSSR count). The minimum atomic E-state index is -1.18. The molecule has 70 valence electrons. The maximum atomic E-state index is 10.6. The van der Waals surface area contributed by atoms with Crippen molar-refractivity contribution in [2.45, 2.75) is 6.92 Å². The Bertz CT molecular complexity index is 290. The number of hydrogen-bond donors (Lipinski definition) is 2. The number of carbonyl (C=O) groups is 1. The van der Waals surface area contributed by atoms with Crippen molar-refractivity contribution in [3.63, 3.8) is 0 Å². The first-order chi connectivity index (χ1) is 6.20. The zero-order valence-corrected chi connectivity index (χ0v) is 7.37. The lowest BCUT2D eigenvalue weighted by Gasteiger charge is -2.16. The van der Waals surface area contributed by atoms with Crippen LogP contribution in [0.25, 0.3) is 0 Å². The third kappa shape index (κ3) is 1.72. The van der Waals surface area contributed by atoms with Crippen molar-refractivity contribution in [1.82, 2.24) is 10.2 Å². The molecule has 0 unspecified atom stereocenters. The number of nitrogens with one attached hydrogen (secondary N) is 1. The van der Waals surface area contributed by atoms with E-state index in [0.29, 0.717) is 18.9 Å². The van der Waals surface area contributed by atoms with E-state index in [1.807, 2.05) is 11.8 Å². The summed E-state index contributed by atoms with van der Waals surface area (Å²) in [5.41, 5.74) is -0.209. The molecule has 13 heavy (non-hydrogen) atoms. The van der Waals surface area contributed by atoms with E-state index in [-0.39, 0.29) is 5.57 Å². The third-order valence-electron chi connectivity index (χ3n) is 1.93. The average Bonchev–Trinajstić information content (AvgIpc) is 2.53. The highest BCUT2D eigenvalue weighted by Gasteiger charge is 2.22. The van der Waals surface area contributed by atoms with Crippen LogP contribution >= 0.6 is 0 Å². The Morgan fingerprint density at radius 2 is 2.54 bits per heavy atom. The highest BCUT2D eigenvalue weighted by atomic mass is 16.4. The maximum absolute atomic E-state index is 10.6. The smallest absolute Gasteiger partial charge is 0.350 e. The minimum absolute atomic E-state index is 0.209. The third-order valence-corrected chi connectivity index (χ3v) is 1.93. The van der Waals surface area contributed by atoms with Gasteiger partial charge in [-0.3, -0.25) is 0 Å². The first-order valence-electron chi connectivity index (χ1n) is 4.07. The van der Waals surface area contributed by atoms with E-state index in [2.05, 4.69) is 5.32 Å². The topological polar surface area (TPSA) is 76.4 Å². The summed E-state index contributed by atoms with van der Waals surface area (Å²) in [7, 11) is 0. The van der Waals surface area contributed by atoms with E-state index in [1.165, 1.54) is 0 Å². The predicted octanol–water partition coefficient (Wildman–Crippen LogP) is -0.269. The summed E-state index contributed by atoms with van der Waals surface area (Å²) in [5, 5.41) is 20.2. The van der Waals surface area contributed by atoms with Gasteiger partial charge in [0.15, 0.2) is 5.57 Å². The van der Waals surface area contributed by atoms with Crippen LogP contribution in [0.1, 0.15) is 6.92 Å². The van der Waals surface area contributed by atoms with Crippen LogP contribution in [0.15, 0.2) is 11.4 Å². The van der Waals surface area contributed by atoms with E-state index in [0.717, 1.165) is 6.54 Å². The Balaban J connectivity index is 3.00. The highest BCUT2D eigenvalue weighted by Crippen LogP contribution is 2.11. The molecule has 1 fully saturated rings. The molecule has 0 aromatic heterocycles. The number of rotatable bonds is 2. The molecule has 1 heterocycles. The van der Waals surface area contributed by atoms with Gasteiger partial charge in [0, 0.05) is 19.6 Å². The highest BCUT2D eigenvalue weighted by molar-refractivity contribution is 5.91. The summed E-state index contributed by atoms with van der Waals surface area (Å²) in [4.78, 5) is 12.5. The van der Waals surface area contributed by atoms with Crippen LogP contribution in [-0.2, 0) is 4.79 Å². The van der Waals surface area contributed by atoms with Gasteiger partial charge in [-0.15, -0.1) is 0 Å². The van der Waals surface area contributed by atoms with Crippen LogP contribution in [0.2, 0.25) is 0 Å². The average molecular weight is 181 g/mol. The summed E-state index contributed by atoms with van der Waals surface area (Å²) < 4.78 is 0. The molecule has 0 radical (unpaired) electrons. The van der Waals surface area contributed by atoms with Gasteiger partial charge in [-0.1, -0.05) is 0 Å². The van der Waals surface area contributed by atoms with Gasteiger partial charge in [0.05, 0.1) is 0 Å². The lowest BCUT2D eigenvalue weighted by molar-refractivity contribution is -0.132. The van der Waals surface area contributed by atoms with Crippen LogP contribution in [0.4, 0.5) is 0 Å². The molecule has 0 spiro atoms. The van der Waals surface area contributed by atoms with Crippen molar-refractivity contribution in [3.8, 4) is 6.07 Å². The van der Waals surface area contributed by atoms with Crippen molar-refractivity contribution in [3.05, 3.63) is 11.4 Å². The van der Waals surface area contributed by atoms with Crippen LogP contribution in [0, 0.1) is 11.3 Å². The van der Waals surface area contributed by atoms with Gasteiger partial charge in [0.1, 0.15) is 11.9 Å². The van der Waals surface area contributed by atoms with E-state index in [4.69, 9.17) is 10.4 Å². The van der Waals surface area contributed by atoms with E-state index < -0.39 is 5.97 Å². The number of carboxylic acids is 1. The molecule has 5 heteroatoms. The molecule has 1 saturated heterocycles. The number of carboxylic acid groups (broad SMARTS) is 1. The van der Waals surface area contributed by atoms with Crippen molar-refractivity contribution >= 4 is 5.97 Å². The van der Waals surface area contributed by atoms with Crippen LogP contribution in [0.3, 0.4) is 0 Å². The standard InChI is InChI=1S/C8H11N3O2/c1-2-11-4-3-10-7(11)6(5-9)8(12)13/h10H,2-4H2,1H3,(H,12,13)/b7-6+. The Kier molecular flexibility index (Phi) is 2.75. The first kappa shape index (κ1) is 9.39. The van der Waals surface area contributed by atoms with Gasteiger partial charge < -0.3 is 15.3 Å². The quantitative estimate of drug-likeness (QED) is 0.453. The SMILES string of the molecule is CCN1CCN/C1=C(/C#N)C(=O)O. The molecule has 1 aliphatic rings. The Labute approximate surface area is 76.3 Å². The van der Waals surface area contributed by atoms with Gasteiger partial charge in [0.2, 0.25) is 0 Å². The van der Waals surface area contributed by atoms with E-state index in [9.17, 15) is 4.79 Å². The molecular formula is C8H11N3O2. The second-order valence-electron chi connectivity index (χ2n) is 2.65. The summed E-state index contributed by atoms with van der Waals surface area (Å²) in [6, 6.07) is 1.68. The van der Waals surface area contributed by atoms with Crippen molar-refractivity contribution in [2.75, 3.05) is 19.6 Å². The van der Waals surface area contributed by atoms with Crippen LogP contribution in [0.5, 0.6) is 0 Å². The van der Waals surface area contributed by atoms with Crippen LogP contribution in [-0.4, -0.2) is 35.6 Å². The first-order valence-corrected chi connectivity index (χ1v) is 4.07. The number of nitriles is 1. The van der Waals surface area contributed by atoms with Gasteiger partial charge in [-0.2, -0.15) is 5.26 Å². The van der Waals surface area contributed by atoms with Crippen molar-refractivity contribution in [2.24, 2.45) is 0 Å². The molecule has 0 aliphatic carbocycles. The second-order valence-corrected chi connectivity index (χ2v) is 2.65. The Morgan fingerprint density at radius 1 is 1.85 bits per heavy atom. The number of aliphatic carboxylic acids is 1. The van der Waals surface area contributed by atoms with E-state index in [1.54, 1.807) is 6.07 Å². The number of nitrogens with zero attached hydrogens (tertiary/aromatic N) is 2. The molecule has 1 aliphatic heterocycles. The van der Waals surface area contributed by atoms with Crippen molar-refractivity contribution < 1.29 is 9.90 Å². The molecule has 0 aromatic carbocycles. The minimum Gasteiger partial charge on any atom is -0.477 e. The predicted molar refractivity (Wildman–Crippen MR) is 45.5 cm³/mol. The fourth-order valence-corrected chi connectivity index (χ4v) is 1.30. The zero-order valence-electron chi connectivity index (χ0n) is 7.37. The molecule has 0 bridgehead atoms. The normalized spacial score (nSPS) is 19.2. The van der Waals surface area contributed by atoms with Gasteiger partial charge >= 0.3 is 5.97 Å². The van der Waals surface area contributed by atoms with Gasteiger partial charge in [0.25, 0.3) is 0 Å². The summed E-state index contributed by atoms with van der Waals surface area (Å²) in [5.74, 6) is -0.733. The fraction of sp³-hybridized carbons (Fsp3) is 0.500. The largest absolute Gasteiger partial charge is 0.477 e.